The molecule has 0 N–H and O–H groups in total. The summed E-state index contributed by atoms with van der Waals surface area (Å²) in [5.41, 5.74) is 4.36. The van der Waals surface area contributed by atoms with Gasteiger partial charge in [0.25, 0.3) is 12.6 Å². The molecule has 0 saturated carbocycles. The molecule has 500 valence electrons. The molecule has 19 heteroatoms. The highest BCUT2D eigenvalue weighted by atomic mass is 16.7. The van der Waals surface area contributed by atoms with E-state index in [4.69, 9.17) is 33.2 Å². The predicted octanol–water partition coefficient (Wildman–Crippen LogP) is 13.5. The van der Waals surface area contributed by atoms with E-state index in [0.717, 1.165) is 55.2 Å². The molecular weight excluding hydrogens is 1190 g/mol. The molecule has 19 nitrogen and oxygen atoms in total. The average molecular weight is 1290 g/mol. The van der Waals surface area contributed by atoms with Gasteiger partial charge in [-0.05, 0) is 142 Å². The van der Waals surface area contributed by atoms with Gasteiger partial charge in [-0.3, -0.25) is 29.0 Å². The highest BCUT2D eigenvalue weighted by Gasteiger charge is 2.63. The summed E-state index contributed by atoms with van der Waals surface area (Å²) in [6, 6.07) is 39.9. The summed E-state index contributed by atoms with van der Waals surface area (Å²) in [5.74, 6) is -6.10. The fourth-order valence-electron chi connectivity index (χ4n) is 14.1. The molecule has 0 aromatic heterocycles. The average Bonchev–Trinajstić information content (AvgIpc) is 1.57. The van der Waals surface area contributed by atoms with Crippen LogP contribution in [0.2, 0.25) is 0 Å². The summed E-state index contributed by atoms with van der Waals surface area (Å²) < 4.78 is 41.8. The molecule has 0 spiro atoms. The number of esters is 4. The molecule has 0 radical (unpaired) electrons. The lowest BCUT2D eigenvalue weighted by molar-refractivity contribution is -0.194. The van der Waals surface area contributed by atoms with Crippen molar-refractivity contribution in [1.82, 2.24) is 14.7 Å². The van der Waals surface area contributed by atoms with E-state index in [1.807, 2.05) is 147 Å². The van der Waals surface area contributed by atoms with Crippen LogP contribution < -0.4 is 9.80 Å². The lowest BCUT2D eigenvalue weighted by atomic mass is 9.79. The number of fused-ring (bicyclic) bond motifs is 4. The van der Waals surface area contributed by atoms with E-state index in [-0.39, 0.29) is 36.9 Å². The van der Waals surface area contributed by atoms with E-state index in [1.54, 1.807) is 72.1 Å². The smallest absolute Gasteiger partial charge is 0.413 e. The second-order valence-corrected chi connectivity index (χ2v) is 26.9. The molecule has 10 atom stereocenters. The predicted molar refractivity (Wildman–Crippen MR) is 357 cm³/mol. The Balaban J connectivity index is 0.904. The van der Waals surface area contributed by atoms with Crippen molar-refractivity contribution in [3.8, 4) is 0 Å². The maximum atomic E-state index is 15.3. The Hall–Kier alpha value is -8.87. The van der Waals surface area contributed by atoms with Crippen LogP contribution in [0.25, 0.3) is 21.5 Å². The van der Waals surface area contributed by atoms with Crippen LogP contribution in [0.5, 0.6) is 0 Å². The molecule has 3 amide bonds. The molecule has 4 fully saturated rings. The Kier molecular flexibility index (Phi) is 21.4. The van der Waals surface area contributed by atoms with Crippen LogP contribution in [0.4, 0.5) is 25.8 Å². The first kappa shape index (κ1) is 68.0. The molecule has 6 aromatic carbocycles. The van der Waals surface area contributed by atoms with Crippen LogP contribution in [0.3, 0.4) is 0 Å². The number of ether oxygens (including phenoxy) is 7. The first-order valence-corrected chi connectivity index (χ1v) is 33.4. The fourth-order valence-corrected chi connectivity index (χ4v) is 14.1. The van der Waals surface area contributed by atoms with Crippen LogP contribution in [-0.2, 0) is 65.2 Å². The SMILES string of the molecule is CCOC(=O)Cc1ccc(N2CC[C@H](N(C(=O)OC(OC(=O)C3[C@H]4CC[C@@H]([C@H]3C(=O)OC(OC(=O)N([C@H]3CCN(c5ccc(CC(=O)OCC)cc5)C3)[C@H](C)c3cccc5ccccc35)C(C)C)N4C(=O)OC(C)(C)C)C(C)C)[C@H](C)c3cccc4ccccc34)C2)cc1. The number of amides is 3. The quantitative estimate of drug-likeness (QED) is 0.0353. The molecule has 4 saturated heterocycles. The number of benzene rings is 6. The van der Waals surface area contributed by atoms with Gasteiger partial charge in [0.1, 0.15) is 5.60 Å². The summed E-state index contributed by atoms with van der Waals surface area (Å²) in [6.45, 7) is 22.5. The lowest BCUT2D eigenvalue weighted by Crippen LogP contribution is -2.48. The summed E-state index contributed by atoms with van der Waals surface area (Å²) in [6.07, 6.45) is -2.87. The van der Waals surface area contributed by atoms with Crippen LogP contribution >= 0.6 is 0 Å². The van der Waals surface area contributed by atoms with Gasteiger partial charge in [-0.25, -0.2) is 14.4 Å². The Morgan fingerprint density at radius 1 is 0.489 bits per heavy atom. The van der Waals surface area contributed by atoms with Gasteiger partial charge in [-0.15, -0.1) is 0 Å². The molecule has 4 heterocycles. The molecule has 0 aliphatic carbocycles. The Labute approximate surface area is 551 Å². The third-order valence-electron chi connectivity index (χ3n) is 18.7. The Morgan fingerprint density at radius 2 is 0.872 bits per heavy atom. The number of carbonyl (C=O) groups excluding carboxylic acids is 7. The largest absolute Gasteiger partial charge is 0.466 e. The zero-order valence-electron chi connectivity index (χ0n) is 56.1. The Morgan fingerprint density at radius 3 is 1.24 bits per heavy atom. The highest BCUT2D eigenvalue weighted by molar-refractivity contribution is 5.89. The standard InChI is InChI=1S/C75H91N5O14/c1-12-88-64(81)42-50-28-32-54(33-29-50)76-40-38-56(44-76)78(48(7)58-26-18-22-52-20-14-16-24-60(52)58)72(85)92-70(46(3)4)90-68(83)66-62-36-37-63(80(62)74(87)94-75(9,10)11)67(66)69(84)91-71(47(5)6)93-73(86)79(49(8)59-27-19-23-53-21-15-17-25-61(53)59)57-39-41-77(45-57)55-34-30-51(31-35-55)43-65(82)89-13-2/h14-35,46-49,56-57,62-63,66-67,70-71H,12-13,36-45H2,1-11H3/t48-,49-,56+,57+,62-,63+,66?,67-,70?,71?/m1/s1. The number of hydrogen-bond acceptors (Lipinski definition) is 16. The van der Waals surface area contributed by atoms with E-state index >= 15 is 19.2 Å². The van der Waals surface area contributed by atoms with E-state index in [1.165, 1.54) is 4.90 Å². The first-order chi connectivity index (χ1) is 45.0. The van der Waals surface area contributed by atoms with Gasteiger partial charge < -0.3 is 47.9 Å². The summed E-state index contributed by atoms with van der Waals surface area (Å²) in [7, 11) is 0. The molecule has 2 bridgehead atoms. The van der Waals surface area contributed by atoms with Crippen LogP contribution in [-0.4, -0.2) is 139 Å². The Bertz CT molecular complexity index is 3450. The van der Waals surface area contributed by atoms with E-state index in [2.05, 4.69) is 9.80 Å². The van der Waals surface area contributed by atoms with Gasteiger partial charge in [0.15, 0.2) is 0 Å². The van der Waals surface area contributed by atoms with Crippen molar-refractivity contribution in [2.24, 2.45) is 23.7 Å². The monoisotopic (exact) mass is 1290 g/mol. The third kappa shape index (κ3) is 15.3. The van der Waals surface area contributed by atoms with Crippen molar-refractivity contribution in [2.45, 2.75) is 169 Å². The van der Waals surface area contributed by atoms with E-state index < -0.39 is 96.2 Å². The lowest BCUT2D eigenvalue weighted by Gasteiger charge is -2.37. The number of hydrogen-bond donors (Lipinski definition) is 0. The molecule has 94 heavy (non-hydrogen) atoms. The van der Waals surface area contributed by atoms with Crippen molar-refractivity contribution in [2.75, 3.05) is 49.2 Å². The summed E-state index contributed by atoms with van der Waals surface area (Å²) >= 11 is 0. The normalized spacial score (nSPS) is 20.6. The van der Waals surface area contributed by atoms with Crippen molar-refractivity contribution >= 4 is 75.1 Å². The molecule has 3 unspecified atom stereocenters. The fraction of sp³-hybridized carbons (Fsp3) is 0.480. The van der Waals surface area contributed by atoms with Gasteiger partial charge >= 0.3 is 42.2 Å². The maximum absolute atomic E-state index is 15.3. The highest BCUT2D eigenvalue weighted by Crippen LogP contribution is 2.49. The van der Waals surface area contributed by atoms with Crippen LogP contribution in [0.1, 0.15) is 136 Å². The molecule has 4 aliphatic rings. The van der Waals surface area contributed by atoms with Gasteiger partial charge in [-0.1, -0.05) is 137 Å². The minimum absolute atomic E-state index is 0.153. The maximum Gasteiger partial charge on any atom is 0.413 e. The van der Waals surface area contributed by atoms with Crippen molar-refractivity contribution in [3.63, 3.8) is 0 Å². The zero-order chi connectivity index (χ0) is 67.1. The van der Waals surface area contributed by atoms with Crippen molar-refractivity contribution in [3.05, 3.63) is 156 Å². The zero-order valence-corrected chi connectivity index (χ0v) is 56.1. The topological polar surface area (TPSA) is 200 Å². The summed E-state index contributed by atoms with van der Waals surface area (Å²) in [5, 5.41) is 3.94. The number of nitrogens with zero attached hydrogens (tertiary/aromatic N) is 5. The number of anilines is 2. The van der Waals surface area contributed by atoms with Crippen molar-refractivity contribution in [1.29, 1.82) is 0 Å². The second-order valence-electron chi connectivity index (χ2n) is 26.9. The van der Waals surface area contributed by atoms with E-state index in [0.29, 0.717) is 65.1 Å². The van der Waals surface area contributed by atoms with Crippen LogP contribution in [0.15, 0.2) is 133 Å². The van der Waals surface area contributed by atoms with Gasteiger partial charge in [0, 0.05) is 61.5 Å². The summed E-state index contributed by atoms with van der Waals surface area (Å²) in [4.78, 5) is 109. The van der Waals surface area contributed by atoms with Gasteiger partial charge in [-0.2, -0.15) is 0 Å². The van der Waals surface area contributed by atoms with Crippen LogP contribution in [0, 0.1) is 23.7 Å². The first-order valence-electron chi connectivity index (χ1n) is 33.4. The van der Waals surface area contributed by atoms with Crippen molar-refractivity contribution < 1.29 is 66.7 Å². The number of rotatable bonds is 22. The molecule has 4 aliphatic heterocycles. The van der Waals surface area contributed by atoms with Gasteiger partial charge in [0.05, 0.1) is 62.1 Å². The minimum atomic E-state index is -1.45. The minimum Gasteiger partial charge on any atom is -0.466 e. The van der Waals surface area contributed by atoms with E-state index in [9.17, 15) is 14.4 Å². The third-order valence-corrected chi connectivity index (χ3v) is 18.7. The molecule has 6 aromatic rings. The number of carbonyl (C=O) groups is 7. The molecular formula is C75H91N5O14. The molecule has 10 rings (SSSR count). The second kappa shape index (κ2) is 29.6. The van der Waals surface area contributed by atoms with Gasteiger partial charge in [0.2, 0.25) is 0 Å².